The maximum Gasteiger partial charge on any atom is 0.341 e. The first-order valence-corrected chi connectivity index (χ1v) is 9.96. The Kier molecular flexibility index (Phi) is 5.14. The van der Waals surface area contributed by atoms with Crippen molar-refractivity contribution in [2.75, 3.05) is 6.61 Å². The number of amides is 2. The average Bonchev–Trinajstić information content (AvgIpc) is 3.51. The average molecular weight is 370 g/mol. The summed E-state index contributed by atoms with van der Waals surface area (Å²) in [6.45, 7) is 0.438. The molecule has 2 amide bonds. The number of nitrogens with one attached hydrogen (secondary N) is 1. The number of carbonyl (C=O) groups is 2. The summed E-state index contributed by atoms with van der Waals surface area (Å²) in [7, 11) is 0. The van der Waals surface area contributed by atoms with Gasteiger partial charge in [0.1, 0.15) is 11.7 Å². The van der Waals surface area contributed by atoms with E-state index in [1.165, 1.54) is 19.3 Å². The van der Waals surface area contributed by atoms with Crippen molar-refractivity contribution in [2.24, 2.45) is 22.7 Å². The van der Waals surface area contributed by atoms with Crippen LogP contribution in [0, 0.1) is 17.8 Å². The van der Waals surface area contributed by atoms with Crippen molar-refractivity contribution < 1.29 is 19.4 Å². The molecular formula is C21H26N2O4. The second kappa shape index (κ2) is 7.71. The predicted molar refractivity (Wildman–Crippen MR) is 101 cm³/mol. The van der Waals surface area contributed by atoms with E-state index >= 15 is 0 Å². The van der Waals surface area contributed by atoms with Gasteiger partial charge >= 0.3 is 12.0 Å². The zero-order valence-electron chi connectivity index (χ0n) is 15.4. The van der Waals surface area contributed by atoms with Crippen LogP contribution in [0.1, 0.15) is 56.6 Å². The number of hydrogen-bond acceptors (Lipinski definition) is 4. The van der Waals surface area contributed by atoms with Crippen molar-refractivity contribution in [1.82, 2.24) is 5.32 Å². The first kappa shape index (κ1) is 18.0. The molecule has 27 heavy (non-hydrogen) atoms. The van der Waals surface area contributed by atoms with Gasteiger partial charge in [-0.15, -0.1) is 0 Å². The highest BCUT2D eigenvalue weighted by Crippen LogP contribution is 2.40. The van der Waals surface area contributed by atoms with Crippen LogP contribution in [0.2, 0.25) is 0 Å². The van der Waals surface area contributed by atoms with Crippen molar-refractivity contribution in [1.29, 1.82) is 0 Å². The number of phenols is 1. The van der Waals surface area contributed by atoms with Gasteiger partial charge in [-0.25, -0.2) is 9.79 Å². The van der Waals surface area contributed by atoms with Crippen LogP contribution in [-0.4, -0.2) is 29.4 Å². The number of rotatable bonds is 5. The number of urea groups is 1. The molecule has 4 rings (SSSR count). The van der Waals surface area contributed by atoms with E-state index in [0.29, 0.717) is 23.8 Å². The highest BCUT2D eigenvalue weighted by Gasteiger charge is 2.45. The second-order valence-corrected chi connectivity index (χ2v) is 7.94. The SMILES string of the molecule is O=C1N=C(C2CC2)C(C(=O)OCC2CCCCC2)C(c2cccc(O)c2)N1. The van der Waals surface area contributed by atoms with Crippen LogP contribution >= 0.6 is 0 Å². The zero-order valence-corrected chi connectivity index (χ0v) is 15.4. The summed E-state index contributed by atoms with van der Waals surface area (Å²) in [5.41, 5.74) is 1.33. The van der Waals surface area contributed by atoms with Crippen LogP contribution in [-0.2, 0) is 9.53 Å². The molecular weight excluding hydrogens is 344 g/mol. The van der Waals surface area contributed by atoms with Gasteiger partial charge in [0.2, 0.25) is 0 Å². The minimum Gasteiger partial charge on any atom is -0.508 e. The van der Waals surface area contributed by atoms with Crippen molar-refractivity contribution in [3.05, 3.63) is 29.8 Å². The molecule has 1 heterocycles. The largest absolute Gasteiger partial charge is 0.508 e. The van der Waals surface area contributed by atoms with E-state index in [1.54, 1.807) is 18.2 Å². The summed E-state index contributed by atoms with van der Waals surface area (Å²) in [5.74, 6) is -0.226. The minimum absolute atomic E-state index is 0.103. The zero-order chi connectivity index (χ0) is 18.8. The number of hydrogen-bond donors (Lipinski definition) is 2. The fourth-order valence-corrected chi connectivity index (χ4v) is 4.22. The highest BCUT2D eigenvalue weighted by molar-refractivity contribution is 6.11. The normalized spacial score (nSPS) is 26.2. The third-order valence-corrected chi connectivity index (χ3v) is 5.83. The Morgan fingerprint density at radius 2 is 1.96 bits per heavy atom. The molecule has 3 aliphatic rings. The lowest BCUT2D eigenvalue weighted by Gasteiger charge is -2.32. The summed E-state index contributed by atoms with van der Waals surface area (Å²) in [6.07, 6.45) is 7.76. The molecule has 0 saturated heterocycles. The van der Waals surface area contributed by atoms with Gasteiger partial charge in [0.25, 0.3) is 0 Å². The van der Waals surface area contributed by atoms with E-state index in [0.717, 1.165) is 25.7 Å². The lowest BCUT2D eigenvalue weighted by molar-refractivity contribution is -0.148. The lowest BCUT2D eigenvalue weighted by Crippen LogP contribution is -2.46. The molecule has 2 unspecified atom stereocenters. The summed E-state index contributed by atoms with van der Waals surface area (Å²) >= 11 is 0. The Morgan fingerprint density at radius 1 is 1.19 bits per heavy atom. The molecule has 6 nitrogen and oxygen atoms in total. The van der Waals surface area contributed by atoms with E-state index < -0.39 is 18.0 Å². The van der Waals surface area contributed by atoms with Crippen LogP contribution < -0.4 is 5.32 Å². The molecule has 2 aliphatic carbocycles. The summed E-state index contributed by atoms with van der Waals surface area (Å²) < 4.78 is 5.71. The highest BCUT2D eigenvalue weighted by atomic mass is 16.5. The number of phenolic OH excluding ortho intramolecular Hbond substituents is 1. The quantitative estimate of drug-likeness (QED) is 0.773. The Morgan fingerprint density at radius 3 is 2.67 bits per heavy atom. The van der Waals surface area contributed by atoms with Gasteiger partial charge in [0.05, 0.1) is 12.6 Å². The van der Waals surface area contributed by atoms with Gasteiger partial charge in [-0.1, -0.05) is 31.4 Å². The molecule has 144 valence electrons. The molecule has 0 spiro atoms. The maximum atomic E-state index is 13.0. The topological polar surface area (TPSA) is 88.0 Å². The number of ether oxygens (including phenoxy) is 1. The molecule has 2 atom stereocenters. The molecule has 2 saturated carbocycles. The van der Waals surface area contributed by atoms with Crippen LogP contribution in [0.25, 0.3) is 0 Å². The molecule has 0 radical (unpaired) electrons. The summed E-state index contributed by atoms with van der Waals surface area (Å²) in [5, 5.41) is 12.6. The fourth-order valence-electron chi connectivity index (χ4n) is 4.22. The van der Waals surface area contributed by atoms with Crippen molar-refractivity contribution in [3.8, 4) is 5.75 Å². The van der Waals surface area contributed by atoms with E-state index in [9.17, 15) is 14.7 Å². The minimum atomic E-state index is -0.624. The number of aliphatic imine (C=N–C) groups is 1. The van der Waals surface area contributed by atoms with E-state index in [1.807, 2.05) is 6.07 Å². The Bertz CT molecular complexity index is 750. The second-order valence-electron chi connectivity index (χ2n) is 7.94. The van der Waals surface area contributed by atoms with Crippen LogP contribution in [0.4, 0.5) is 4.79 Å². The van der Waals surface area contributed by atoms with E-state index in [4.69, 9.17) is 4.74 Å². The summed E-state index contributed by atoms with van der Waals surface area (Å²) in [4.78, 5) is 29.3. The van der Waals surface area contributed by atoms with Crippen LogP contribution in [0.15, 0.2) is 29.3 Å². The van der Waals surface area contributed by atoms with Gasteiger partial charge in [-0.05, 0) is 55.2 Å². The van der Waals surface area contributed by atoms with E-state index in [-0.39, 0.29) is 17.6 Å². The molecule has 6 heteroatoms. The first-order chi connectivity index (χ1) is 13.1. The molecule has 1 aliphatic heterocycles. The van der Waals surface area contributed by atoms with Crippen molar-refractivity contribution in [3.63, 3.8) is 0 Å². The smallest absolute Gasteiger partial charge is 0.341 e. The summed E-state index contributed by atoms with van der Waals surface area (Å²) in [6, 6.07) is 5.69. The number of nitrogens with zero attached hydrogens (tertiary/aromatic N) is 1. The molecule has 1 aromatic carbocycles. The standard InChI is InChI=1S/C21H26N2O4/c24-16-8-4-7-15(11-16)19-17(18(14-9-10-14)22-21(26)23-19)20(25)27-12-13-5-2-1-3-6-13/h4,7-8,11,13-14,17,19,24H,1-3,5-6,9-10,12H2,(H,23,26). The third kappa shape index (κ3) is 4.15. The van der Waals surface area contributed by atoms with E-state index in [2.05, 4.69) is 10.3 Å². The monoisotopic (exact) mass is 370 g/mol. The molecule has 2 fully saturated rings. The number of carbonyl (C=O) groups excluding carboxylic acids is 2. The van der Waals surface area contributed by atoms with Gasteiger partial charge in [0, 0.05) is 5.71 Å². The number of aromatic hydroxyl groups is 1. The molecule has 0 bridgehead atoms. The number of benzene rings is 1. The Balaban J connectivity index is 1.56. The van der Waals surface area contributed by atoms with Gasteiger partial charge in [-0.2, -0.15) is 0 Å². The lowest BCUT2D eigenvalue weighted by atomic mass is 9.85. The van der Waals surface area contributed by atoms with Crippen LogP contribution in [0.5, 0.6) is 5.75 Å². The molecule has 2 N–H and O–H groups in total. The fraction of sp³-hybridized carbons (Fsp3) is 0.571. The third-order valence-electron chi connectivity index (χ3n) is 5.83. The first-order valence-electron chi connectivity index (χ1n) is 9.96. The Labute approximate surface area is 159 Å². The van der Waals surface area contributed by atoms with Gasteiger partial charge in [0.15, 0.2) is 0 Å². The Hall–Kier alpha value is -2.37. The van der Waals surface area contributed by atoms with Crippen molar-refractivity contribution >= 4 is 17.7 Å². The van der Waals surface area contributed by atoms with Crippen molar-refractivity contribution in [2.45, 2.75) is 51.0 Å². The molecule has 0 aromatic heterocycles. The predicted octanol–water partition coefficient (Wildman–Crippen LogP) is 3.75. The molecule has 1 aromatic rings. The van der Waals surface area contributed by atoms with Gasteiger partial charge in [-0.3, -0.25) is 4.79 Å². The van der Waals surface area contributed by atoms with Crippen LogP contribution in [0.3, 0.4) is 0 Å². The van der Waals surface area contributed by atoms with Gasteiger partial charge < -0.3 is 15.2 Å². The maximum absolute atomic E-state index is 13.0. The number of esters is 1.